The molecule has 2 aliphatic heterocycles. The predicted octanol–water partition coefficient (Wildman–Crippen LogP) is 3.18. The lowest BCUT2D eigenvalue weighted by Crippen LogP contribution is -2.54. The van der Waals surface area contributed by atoms with Gasteiger partial charge in [0.2, 0.25) is 6.79 Å². The number of carboxylic acid groups (broad SMARTS) is 1. The first-order valence-corrected chi connectivity index (χ1v) is 8.57. The van der Waals surface area contributed by atoms with Crippen LogP contribution in [-0.4, -0.2) is 28.9 Å². The summed E-state index contributed by atoms with van der Waals surface area (Å²) in [4.78, 5) is 15.3. The number of hydrogen-bond acceptors (Lipinski definition) is 4. The second kappa shape index (κ2) is 6.18. The number of nitrogens with one attached hydrogen (secondary N) is 2. The summed E-state index contributed by atoms with van der Waals surface area (Å²) in [6.07, 6.45) is 0.439. The van der Waals surface area contributed by atoms with Crippen LogP contribution in [-0.2, 0) is 16.8 Å². The SMILES string of the molecule is C[C@@]1(c2ccc3c(c2)OCO3)N[C@H](C(=O)O)Cc2c1[nH]c1ccccc21.Cl. The number of H-pyrrole nitrogens is 1. The van der Waals surface area contributed by atoms with Gasteiger partial charge in [-0.15, -0.1) is 12.4 Å². The summed E-state index contributed by atoms with van der Waals surface area (Å²) in [7, 11) is 0. The highest BCUT2D eigenvalue weighted by Gasteiger charge is 2.42. The van der Waals surface area contributed by atoms with Crippen molar-refractivity contribution in [3.63, 3.8) is 0 Å². The van der Waals surface area contributed by atoms with Crippen molar-refractivity contribution in [2.45, 2.75) is 24.9 Å². The van der Waals surface area contributed by atoms with E-state index in [0.717, 1.165) is 27.7 Å². The van der Waals surface area contributed by atoms with Crippen LogP contribution in [0.3, 0.4) is 0 Å². The van der Waals surface area contributed by atoms with Crippen LogP contribution in [0.5, 0.6) is 11.5 Å². The molecule has 0 saturated heterocycles. The van der Waals surface area contributed by atoms with Gasteiger partial charge in [-0.3, -0.25) is 10.1 Å². The van der Waals surface area contributed by atoms with Gasteiger partial charge in [0.15, 0.2) is 11.5 Å². The van der Waals surface area contributed by atoms with E-state index in [4.69, 9.17) is 9.47 Å². The number of aliphatic carboxylic acids is 1. The molecule has 0 fully saturated rings. The third kappa shape index (κ3) is 2.56. The molecule has 0 radical (unpaired) electrons. The highest BCUT2D eigenvalue weighted by molar-refractivity contribution is 5.87. The van der Waals surface area contributed by atoms with Crippen molar-refractivity contribution in [3.8, 4) is 11.5 Å². The van der Waals surface area contributed by atoms with E-state index in [1.807, 2.05) is 49.4 Å². The first-order valence-electron chi connectivity index (χ1n) is 8.57. The van der Waals surface area contributed by atoms with Crippen molar-refractivity contribution in [1.29, 1.82) is 0 Å². The molecule has 0 aliphatic carbocycles. The number of benzene rings is 2. The van der Waals surface area contributed by atoms with Crippen LogP contribution in [0.2, 0.25) is 0 Å². The summed E-state index contributed by atoms with van der Waals surface area (Å²) < 4.78 is 10.9. The highest BCUT2D eigenvalue weighted by Crippen LogP contribution is 2.42. The van der Waals surface area contributed by atoms with Gasteiger partial charge in [-0.2, -0.15) is 0 Å². The normalized spacial score (nSPS) is 22.9. The summed E-state index contributed by atoms with van der Waals surface area (Å²) in [6, 6.07) is 13.1. The molecule has 3 heterocycles. The Bertz CT molecular complexity index is 1050. The van der Waals surface area contributed by atoms with Crippen LogP contribution in [0.15, 0.2) is 42.5 Å². The van der Waals surface area contributed by atoms with Crippen molar-refractivity contribution in [1.82, 2.24) is 10.3 Å². The molecule has 0 saturated carbocycles. The van der Waals surface area contributed by atoms with Crippen LogP contribution >= 0.6 is 12.4 Å². The molecule has 0 spiro atoms. The number of hydrogen-bond donors (Lipinski definition) is 3. The van der Waals surface area contributed by atoms with E-state index in [1.54, 1.807) is 0 Å². The summed E-state index contributed by atoms with van der Waals surface area (Å²) >= 11 is 0. The van der Waals surface area contributed by atoms with E-state index in [0.29, 0.717) is 17.9 Å². The lowest BCUT2D eigenvalue weighted by molar-refractivity contribution is -0.140. The van der Waals surface area contributed by atoms with E-state index >= 15 is 0 Å². The Morgan fingerprint density at radius 2 is 1.96 bits per heavy atom. The van der Waals surface area contributed by atoms with Crippen molar-refractivity contribution in [2.24, 2.45) is 0 Å². The zero-order valence-corrected chi connectivity index (χ0v) is 15.4. The first-order chi connectivity index (χ1) is 12.6. The van der Waals surface area contributed by atoms with Crippen LogP contribution in [0.25, 0.3) is 10.9 Å². The smallest absolute Gasteiger partial charge is 0.321 e. The van der Waals surface area contributed by atoms with Crippen LogP contribution in [0, 0.1) is 0 Å². The van der Waals surface area contributed by atoms with Crippen molar-refractivity contribution >= 4 is 29.3 Å². The molecule has 6 nitrogen and oxygen atoms in total. The molecule has 27 heavy (non-hydrogen) atoms. The molecular weight excluding hydrogens is 368 g/mol. The minimum absolute atomic E-state index is 0. The topological polar surface area (TPSA) is 83.6 Å². The van der Waals surface area contributed by atoms with E-state index in [9.17, 15) is 9.90 Å². The summed E-state index contributed by atoms with van der Waals surface area (Å²) in [5, 5.41) is 14.1. The number of carbonyl (C=O) groups is 1. The molecule has 5 rings (SSSR count). The summed E-state index contributed by atoms with van der Waals surface area (Å²) in [6.45, 7) is 2.21. The zero-order chi connectivity index (χ0) is 17.9. The fourth-order valence-corrected chi connectivity index (χ4v) is 4.10. The van der Waals surface area contributed by atoms with Crippen LogP contribution in [0.4, 0.5) is 0 Å². The molecule has 0 bridgehead atoms. The molecular formula is C20H19ClN2O4. The number of aromatic nitrogens is 1. The molecule has 2 atom stereocenters. The van der Waals surface area contributed by atoms with Crippen molar-refractivity contribution < 1.29 is 19.4 Å². The molecule has 7 heteroatoms. The number of ether oxygens (including phenoxy) is 2. The van der Waals surface area contributed by atoms with Crippen molar-refractivity contribution in [2.75, 3.05) is 6.79 Å². The maximum absolute atomic E-state index is 11.8. The predicted molar refractivity (Wildman–Crippen MR) is 103 cm³/mol. The van der Waals surface area contributed by atoms with Crippen LogP contribution in [0.1, 0.15) is 23.7 Å². The first kappa shape index (κ1) is 17.7. The van der Waals surface area contributed by atoms with E-state index in [-0.39, 0.29) is 19.2 Å². The number of rotatable bonds is 2. The Morgan fingerprint density at radius 1 is 1.19 bits per heavy atom. The third-order valence-corrected chi connectivity index (χ3v) is 5.43. The number of para-hydroxylation sites is 1. The summed E-state index contributed by atoms with van der Waals surface area (Å²) in [5.41, 5.74) is 3.30. The molecule has 3 N–H and O–H groups in total. The van der Waals surface area contributed by atoms with Gasteiger partial charge in [-0.25, -0.2) is 0 Å². The Labute approximate surface area is 161 Å². The maximum atomic E-state index is 11.8. The van der Waals surface area contributed by atoms with Crippen LogP contribution < -0.4 is 14.8 Å². The Kier molecular flexibility index (Phi) is 4.05. The largest absolute Gasteiger partial charge is 0.480 e. The van der Waals surface area contributed by atoms with Gasteiger partial charge in [0.25, 0.3) is 0 Å². The van der Waals surface area contributed by atoms with Gasteiger partial charge in [0.1, 0.15) is 6.04 Å². The molecule has 140 valence electrons. The van der Waals surface area contributed by atoms with E-state index in [1.165, 1.54) is 0 Å². The van der Waals surface area contributed by atoms with E-state index in [2.05, 4.69) is 10.3 Å². The monoisotopic (exact) mass is 386 g/mol. The fourth-order valence-electron chi connectivity index (χ4n) is 4.10. The van der Waals surface area contributed by atoms with Gasteiger partial charge in [0.05, 0.1) is 5.54 Å². The average Bonchev–Trinajstić information content (AvgIpc) is 3.25. The minimum Gasteiger partial charge on any atom is -0.480 e. The van der Waals surface area contributed by atoms with Crippen molar-refractivity contribution in [3.05, 3.63) is 59.3 Å². The molecule has 3 aromatic rings. The standard InChI is InChI=1S/C20H18N2O4.ClH/c1-20(11-6-7-16-17(8-11)26-10-25-16)18-13(9-15(22-20)19(23)24)12-4-2-3-5-14(12)21-18;/h2-8,15,21-22H,9-10H2,1H3,(H,23,24);1H/t15-,20-;/m0./s1. The Morgan fingerprint density at radius 3 is 2.78 bits per heavy atom. The lowest BCUT2D eigenvalue weighted by Gasteiger charge is -2.39. The molecule has 0 amide bonds. The van der Waals surface area contributed by atoms with E-state index < -0.39 is 17.6 Å². The maximum Gasteiger partial charge on any atom is 0.321 e. The summed E-state index contributed by atoms with van der Waals surface area (Å²) in [5.74, 6) is 0.536. The lowest BCUT2D eigenvalue weighted by atomic mass is 9.80. The molecule has 0 unspecified atom stereocenters. The third-order valence-electron chi connectivity index (χ3n) is 5.43. The number of fused-ring (bicyclic) bond motifs is 4. The molecule has 2 aliphatic rings. The minimum atomic E-state index is -0.854. The van der Waals surface area contributed by atoms with Gasteiger partial charge in [-0.05, 0) is 36.2 Å². The van der Waals surface area contributed by atoms with Gasteiger partial charge >= 0.3 is 5.97 Å². The number of halogens is 1. The fraction of sp³-hybridized carbons (Fsp3) is 0.250. The quantitative estimate of drug-likeness (QED) is 0.630. The van der Waals surface area contributed by atoms with Gasteiger partial charge in [-0.1, -0.05) is 24.3 Å². The molecule has 1 aromatic heterocycles. The number of carboxylic acids is 1. The second-order valence-electron chi connectivity index (χ2n) is 6.96. The van der Waals surface area contributed by atoms with Gasteiger partial charge in [0, 0.05) is 23.0 Å². The zero-order valence-electron chi connectivity index (χ0n) is 14.6. The average molecular weight is 387 g/mol. The highest BCUT2D eigenvalue weighted by atomic mass is 35.5. The Balaban J connectivity index is 0.00000180. The number of aromatic amines is 1. The van der Waals surface area contributed by atoms with Gasteiger partial charge < -0.3 is 19.6 Å². The Hall–Kier alpha value is -2.70. The second-order valence-corrected chi connectivity index (χ2v) is 6.96. The molecule has 2 aromatic carbocycles.